The minimum absolute atomic E-state index is 0.154. The smallest absolute Gasteiger partial charge is 0.258 e. The van der Waals surface area contributed by atoms with Gasteiger partial charge in [-0.2, -0.15) is 0 Å². The van der Waals surface area contributed by atoms with Gasteiger partial charge in [0.1, 0.15) is 17.2 Å². The van der Waals surface area contributed by atoms with Crippen LogP contribution in [0.4, 0.5) is 4.39 Å². The first-order chi connectivity index (χ1) is 7.11. The Bertz CT molecular complexity index is 575. The molecule has 1 N–H and O–H groups in total. The molecular weight excluding hydrogens is 195 g/mol. The lowest BCUT2D eigenvalue weighted by atomic mass is 10.1. The normalized spacial score (nSPS) is 10.9. The van der Waals surface area contributed by atoms with E-state index in [1.165, 1.54) is 6.07 Å². The van der Waals surface area contributed by atoms with Crippen molar-refractivity contribution in [2.75, 3.05) is 0 Å². The van der Waals surface area contributed by atoms with E-state index in [0.29, 0.717) is 17.6 Å². The lowest BCUT2D eigenvalue weighted by molar-refractivity contribution is 0.634. The molecule has 1 aromatic heterocycles. The van der Waals surface area contributed by atoms with Gasteiger partial charge in [0.2, 0.25) is 0 Å². The largest absolute Gasteiger partial charge is 0.310 e. The molecule has 0 aliphatic rings. The van der Waals surface area contributed by atoms with Crippen LogP contribution in [0, 0.1) is 12.7 Å². The van der Waals surface area contributed by atoms with Crippen molar-refractivity contribution in [3.05, 3.63) is 39.7 Å². The van der Waals surface area contributed by atoms with Gasteiger partial charge in [0.15, 0.2) is 0 Å². The standard InChI is InChI=1S/C11H11FN2O/c1-3-9-13-10-7(11(15)14-9)4-6(2)5-8(10)12/h4-5H,3H2,1-2H3,(H,13,14,15). The predicted molar refractivity (Wildman–Crippen MR) is 56.4 cm³/mol. The van der Waals surface area contributed by atoms with Crippen LogP contribution in [-0.2, 0) is 6.42 Å². The van der Waals surface area contributed by atoms with E-state index < -0.39 is 5.82 Å². The fourth-order valence-electron chi connectivity index (χ4n) is 1.55. The zero-order valence-corrected chi connectivity index (χ0v) is 8.60. The van der Waals surface area contributed by atoms with Crippen LogP contribution < -0.4 is 5.56 Å². The number of hydrogen-bond acceptors (Lipinski definition) is 2. The van der Waals surface area contributed by atoms with E-state index in [1.54, 1.807) is 13.0 Å². The third-order valence-electron chi connectivity index (χ3n) is 2.29. The van der Waals surface area contributed by atoms with Crippen molar-refractivity contribution in [1.29, 1.82) is 0 Å². The Morgan fingerprint density at radius 3 is 2.87 bits per heavy atom. The summed E-state index contributed by atoms with van der Waals surface area (Å²) in [5.41, 5.74) is 0.595. The number of aromatic amines is 1. The van der Waals surface area contributed by atoms with Crippen molar-refractivity contribution >= 4 is 10.9 Å². The molecule has 0 unspecified atom stereocenters. The number of H-pyrrole nitrogens is 1. The molecule has 0 radical (unpaired) electrons. The second kappa shape index (κ2) is 3.46. The summed E-state index contributed by atoms with van der Waals surface area (Å²) < 4.78 is 13.5. The molecule has 3 nitrogen and oxygen atoms in total. The van der Waals surface area contributed by atoms with Crippen LogP contribution >= 0.6 is 0 Å². The topological polar surface area (TPSA) is 45.8 Å². The third-order valence-corrected chi connectivity index (χ3v) is 2.29. The lowest BCUT2D eigenvalue weighted by Gasteiger charge is -2.02. The summed E-state index contributed by atoms with van der Waals surface area (Å²) in [5, 5.41) is 0.310. The minimum Gasteiger partial charge on any atom is -0.310 e. The first kappa shape index (κ1) is 9.83. The van der Waals surface area contributed by atoms with Gasteiger partial charge in [-0.05, 0) is 24.6 Å². The second-order valence-corrected chi connectivity index (χ2v) is 3.51. The average molecular weight is 206 g/mol. The third kappa shape index (κ3) is 1.63. The molecule has 0 fully saturated rings. The van der Waals surface area contributed by atoms with Crippen molar-refractivity contribution in [2.24, 2.45) is 0 Å². The molecule has 0 bridgehead atoms. The fraction of sp³-hybridized carbons (Fsp3) is 0.273. The van der Waals surface area contributed by atoms with Crippen LogP contribution in [0.15, 0.2) is 16.9 Å². The Hall–Kier alpha value is -1.71. The molecule has 0 atom stereocenters. The second-order valence-electron chi connectivity index (χ2n) is 3.51. The maximum atomic E-state index is 13.5. The molecule has 0 saturated heterocycles. The maximum Gasteiger partial charge on any atom is 0.258 e. The molecule has 2 rings (SSSR count). The Morgan fingerprint density at radius 1 is 1.47 bits per heavy atom. The maximum absolute atomic E-state index is 13.5. The summed E-state index contributed by atoms with van der Waals surface area (Å²) in [6, 6.07) is 3.03. The quantitative estimate of drug-likeness (QED) is 0.774. The Morgan fingerprint density at radius 2 is 2.20 bits per heavy atom. The Balaban J connectivity index is 2.91. The fourth-order valence-corrected chi connectivity index (χ4v) is 1.55. The highest BCUT2D eigenvalue weighted by atomic mass is 19.1. The van der Waals surface area contributed by atoms with Gasteiger partial charge in [-0.15, -0.1) is 0 Å². The van der Waals surface area contributed by atoms with Gasteiger partial charge < -0.3 is 4.98 Å². The molecule has 0 spiro atoms. The van der Waals surface area contributed by atoms with Crippen molar-refractivity contribution in [2.45, 2.75) is 20.3 Å². The molecule has 1 aromatic carbocycles. The summed E-state index contributed by atoms with van der Waals surface area (Å²) in [5.74, 6) is 0.0704. The van der Waals surface area contributed by atoms with Crippen molar-refractivity contribution in [1.82, 2.24) is 9.97 Å². The van der Waals surface area contributed by atoms with Gasteiger partial charge in [0, 0.05) is 6.42 Å². The molecule has 2 aromatic rings. The molecule has 0 amide bonds. The summed E-state index contributed by atoms with van der Waals surface area (Å²) in [6.07, 6.45) is 0.582. The molecule has 78 valence electrons. The summed E-state index contributed by atoms with van der Waals surface area (Å²) in [6.45, 7) is 3.60. The average Bonchev–Trinajstić information content (AvgIpc) is 2.19. The number of aromatic nitrogens is 2. The number of nitrogens with one attached hydrogen (secondary N) is 1. The monoisotopic (exact) mass is 206 g/mol. The van der Waals surface area contributed by atoms with Crippen LogP contribution in [0.2, 0.25) is 0 Å². The van der Waals surface area contributed by atoms with Gasteiger partial charge in [-0.1, -0.05) is 6.92 Å². The van der Waals surface area contributed by atoms with Gasteiger partial charge >= 0.3 is 0 Å². The number of rotatable bonds is 1. The Kier molecular flexibility index (Phi) is 2.26. The van der Waals surface area contributed by atoms with Crippen LogP contribution in [0.1, 0.15) is 18.3 Å². The first-order valence-electron chi connectivity index (χ1n) is 4.81. The van der Waals surface area contributed by atoms with Crippen LogP contribution in [0.3, 0.4) is 0 Å². The zero-order chi connectivity index (χ0) is 11.0. The highest BCUT2D eigenvalue weighted by molar-refractivity contribution is 5.78. The van der Waals surface area contributed by atoms with Crippen LogP contribution in [0.25, 0.3) is 10.9 Å². The Labute approximate surface area is 86.0 Å². The molecular formula is C11H11FN2O. The summed E-state index contributed by atoms with van der Waals surface area (Å²) in [4.78, 5) is 18.3. The van der Waals surface area contributed by atoms with Crippen molar-refractivity contribution < 1.29 is 4.39 Å². The number of nitrogens with zero attached hydrogens (tertiary/aromatic N) is 1. The van der Waals surface area contributed by atoms with Crippen LogP contribution in [-0.4, -0.2) is 9.97 Å². The molecule has 4 heteroatoms. The number of halogens is 1. The number of aryl methyl sites for hydroxylation is 2. The molecule has 0 aliphatic heterocycles. The lowest BCUT2D eigenvalue weighted by Crippen LogP contribution is -2.12. The summed E-state index contributed by atoms with van der Waals surface area (Å²) >= 11 is 0. The summed E-state index contributed by atoms with van der Waals surface area (Å²) in [7, 11) is 0. The molecule has 0 saturated carbocycles. The molecule has 1 heterocycles. The van der Waals surface area contributed by atoms with E-state index in [9.17, 15) is 9.18 Å². The highest BCUT2D eigenvalue weighted by Gasteiger charge is 2.08. The van der Waals surface area contributed by atoms with E-state index in [-0.39, 0.29) is 11.1 Å². The number of fused-ring (bicyclic) bond motifs is 1. The van der Waals surface area contributed by atoms with E-state index in [1.807, 2.05) is 6.92 Å². The van der Waals surface area contributed by atoms with E-state index in [2.05, 4.69) is 9.97 Å². The predicted octanol–water partition coefficient (Wildman–Crippen LogP) is 1.93. The van der Waals surface area contributed by atoms with Crippen molar-refractivity contribution in [3.8, 4) is 0 Å². The van der Waals surface area contributed by atoms with E-state index >= 15 is 0 Å². The minimum atomic E-state index is -0.439. The van der Waals surface area contributed by atoms with E-state index in [0.717, 1.165) is 5.56 Å². The van der Waals surface area contributed by atoms with Crippen molar-refractivity contribution in [3.63, 3.8) is 0 Å². The van der Waals surface area contributed by atoms with Gasteiger partial charge in [0.25, 0.3) is 5.56 Å². The highest BCUT2D eigenvalue weighted by Crippen LogP contribution is 2.14. The van der Waals surface area contributed by atoms with Crippen LogP contribution in [0.5, 0.6) is 0 Å². The van der Waals surface area contributed by atoms with E-state index in [4.69, 9.17) is 0 Å². The first-order valence-corrected chi connectivity index (χ1v) is 4.81. The SMILES string of the molecule is CCc1nc2c(F)cc(C)cc2c(=O)[nH]1. The molecule has 0 aliphatic carbocycles. The number of hydrogen-bond donors (Lipinski definition) is 1. The van der Waals surface area contributed by atoms with Gasteiger partial charge in [0.05, 0.1) is 5.39 Å². The molecule has 15 heavy (non-hydrogen) atoms. The van der Waals surface area contributed by atoms with Gasteiger partial charge in [-0.3, -0.25) is 4.79 Å². The van der Waals surface area contributed by atoms with Gasteiger partial charge in [-0.25, -0.2) is 9.37 Å². The zero-order valence-electron chi connectivity index (χ0n) is 8.60. The number of benzene rings is 1.